The third kappa shape index (κ3) is 3.18. The molecule has 1 N–H and O–H groups in total. The van der Waals surface area contributed by atoms with Crippen molar-refractivity contribution in [3.8, 4) is 0 Å². The van der Waals surface area contributed by atoms with E-state index in [-0.39, 0.29) is 35.1 Å². The highest BCUT2D eigenvalue weighted by molar-refractivity contribution is 5.66. The highest BCUT2D eigenvalue weighted by atomic mass is 16.7. The molecule has 4 saturated carbocycles. The zero-order valence-electron chi connectivity index (χ0n) is 21.9. The molecule has 2 saturated heterocycles. The molecule has 192 valence electrons. The molecule has 2 heterocycles. The van der Waals surface area contributed by atoms with Crippen LogP contribution in [-0.4, -0.2) is 41.8 Å². The van der Waals surface area contributed by atoms with Gasteiger partial charge in [0.15, 0.2) is 5.79 Å². The lowest BCUT2D eigenvalue weighted by atomic mass is 9.43. The number of hydrogen-bond acceptors (Lipinski definition) is 5. The summed E-state index contributed by atoms with van der Waals surface area (Å²) >= 11 is 0. The lowest BCUT2D eigenvalue weighted by molar-refractivity contribution is -0.274. The normalized spacial score (nSPS) is 58.5. The average Bonchev–Trinajstić information content (AvgIpc) is 3.23. The van der Waals surface area contributed by atoms with Crippen LogP contribution in [0.5, 0.6) is 0 Å². The number of ether oxygens (including phenoxy) is 3. The maximum absolute atomic E-state index is 11.9. The minimum atomic E-state index is -0.425. The quantitative estimate of drug-likeness (QED) is 0.520. The highest BCUT2D eigenvalue weighted by Gasteiger charge is 2.71. The van der Waals surface area contributed by atoms with E-state index < -0.39 is 5.79 Å². The van der Waals surface area contributed by atoms with Crippen molar-refractivity contribution in [2.24, 2.45) is 52.3 Å². The second-order valence-electron chi connectivity index (χ2n) is 13.8. The first-order valence-corrected chi connectivity index (χ1v) is 14.3. The van der Waals surface area contributed by atoms with Crippen molar-refractivity contribution in [1.82, 2.24) is 0 Å². The molecule has 0 radical (unpaired) electrons. The minimum absolute atomic E-state index is 0.0837. The molecule has 4 aliphatic carbocycles. The van der Waals surface area contributed by atoms with E-state index in [0.29, 0.717) is 41.4 Å². The Kier molecular flexibility index (Phi) is 5.53. The number of aliphatic hydroxyl groups excluding tert-OH is 1. The van der Waals surface area contributed by atoms with Gasteiger partial charge in [0.25, 0.3) is 0 Å². The topological polar surface area (TPSA) is 65.0 Å². The fourth-order valence-electron chi connectivity index (χ4n) is 10.5. The van der Waals surface area contributed by atoms with Gasteiger partial charge in [-0.25, -0.2) is 0 Å². The summed E-state index contributed by atoms with van der Waals surface area (Å²) in [5.41, 5.74) is 0.162. The number of hydrogen-bond donors (Lipinski definition) is 1. The Morgan fingerprint density at radius 3 is 2.50 bits per heavy atom. The standard InChI is InChI=1S/C29H46O5/c1-16-8-11-29(32-15-16)17(2)26-24(34-29)13-23-21-7-6-19-12-20(33-18(3)30)9-10-27(19,4)22(21)14-25(31)28(23,26)5/h16-17,19-26,31H,6-15H2,1-5H3/t16-,17-,19-,20+,21-,22+,23+,24-,25-,26+,27-,28-,29+/m0/s1. The van der Waals surface area contributed by atoms with Crippen molar-refractivity contribution in [2.45, 2.75) is 117 Å². The summed E-state index contributed by atoms with van der Waals surface area (Å²) in [5, 5.41) is 11.9. The van der Waals surface area contributed by atoms with Gasteiger partial charge in [-0.05, 0) is 86.4 Å². The summed E-state index contributed by atoms with van der Waals surface area (Å²) in [4.78, 5) is 11.6. The van der Waals surface area contributed by atoms with Gasteiger partial charge in [-0.3, -0.25) is 4.79 Å². The second-order valence-corrected chi connectivity index (χ2v) is 13.8. The van der Waals surface area contributed by atoms with E-state index >= 15 is 0 Å². The van der Waals surface area contributed by atoms with E-state index in [0.717, 1.165) is 45.1 Å². The van der Waals surface area contributed by atoms with Crippen LogP contribution in [0.1, 0.15) is 92.4 Å². The number of aliphatic hydroxyl groups is 1. The van der Waals surface area contributed by atoms with Crippen molar-refractivity contribution in [1.29, 1.82) is 0 Å². The largest absolute Gasteiger partial charge is 0.463 e. The van der Waals surface area contributed by atoms with Gasteiger partial charge in [0.2, 0.25) is 0 Å². The molecule has 0 unspecified atom stereocenters. The first-order chi connectivity index (χ1) is 16.1. The van der Waals surface area contributed by atoms with Gasteiger partial charge in [0.05, 0.1) is 18.8 Å². The molecule has 0 amide bonds. The fraction of sp³-hybridized carbons (Fsp3) is 0.966. The Hall–Kier alpha value is -0.650. The second kappa shape index (κ2) is 7.92. The van der Waals surface area contributed by atoms with E-state index in [4.69, 9.17) is 14.2 Å². The molecular weight excluding hydrogens is 428 g/mol. The predicted molar refractivity (Wildman–Crippen MR) is 129 cm³/mol. The molecule has 13 atom stereocenters. The van der Waals surface area contributed by atoms with Gasteiger partial charge in [0, 0.05) is 30.6 Å². The Labute approximate surface area is 205 Å². The summed E-state index contributed by atoms with van der Waals surface area (Å²) in [6, 6.07) is 0. The third-order valence-electron chi connectivity index (χ3n) is 12.3. The van der Waals surface area contributed by atoms with Gasteiger partial charge in [-0.1, -0.05) is 27.7 Å². The predicted octanol–water partition coefficient (Wildman–Crippen LogP) is 5.34. The van der Waals surface area contributed by atoms with Crippen molar-refractivity contribution < 1.29 is 24.1 Å². The van der Waals surface area contributed by atoms with Crippen LogP contribution in [0.25, 0.3) is 0 Å². The van der Waals surface area contributed by atoms with E-state index in [9.17, 15) is 9.90 Å². The van der Waals surface area contributed by atoms with Crippen LogP contribution in [-0.2, 0) is 19.0 Å². The molecular formula is C29H46O5. The fourth-order valence-corrected chi connectivity index (χ4v) is 10.5. The molecule has 34 heavy (non-hydrogen) atoms. The average molecular weight is 475 g/mol. The first kappa shape index (κ1) is 23.7. The van der Waals surface area contributed by atoms with E-state index in [2.05, 4.69) is 27.7 Å². The molecule has 5 nitrogen and oxygen atoms in total. The molecule has 1 spiro atoms. The molecule has 2 aliphatic heterocycles. The Balaban J connectivity index is 1.24. The summed E-state index contributed by atoms with van der Waals surface area (Å²) in [6.45, 7) is 11.8. The molecule has 6 aliphatic rings. The zero-order valence-corrected chi connectivity index (χ0v) is 21.9. The van der Waals surface area contributed by atoms with E-state index in [1.54, 1.807) is 0 Å². The highest BCUT2D eigenvalue weighted by Crippen LogP contribution is 2.71. The maximum atomic E-state index is 11.9. The van der Waals surface area contributed by atoms with Crippen LogP contribution in [0, 0.1) is 52.3 Å². The summed E-state index contributed by atoms with van der Waals surface area (Å²) in [5.74, 6) is 3.11. The van der Waals surface area contributed by atoms with Crippen LogP contribution in [0.3, 0.4) is 0 Å². The van der Waals surface area contributed by atoms with Gasteiger partial charge in [-0.2, -0.15) is 0 Å². The van der Waals surface area contributed by atoms with Crippen LogP contribution in [0.4, 0.5) is 0 Å². The number of rotatable bonds is 1. The summed E-state index contributed by atoms with van der Waals surface area (Å²) < 4.78 is 18.9. The smallest absolute Gasteiger partial charge is 0.302 e. The van der Waals surface area contributed by atoms with Crippen molar-refractivity contribution in [2.75, 3.05) is 6.61 Å². The van der Waals surface area contributed by atoms with Crippen LogP contribution in [0.15, 0.2) is 0 Å². The van der Waals surface area contributed by atoms with Gasteiger partial charge in [-0.15, -0.1) is 0 Å². The van der Waals surface area contributed by atoms with Gasteiger partial charge < -0.3 is 19.3 Å². The lowest BCUT2D eigenvalue weighted by Crippen LogP contribution is -2.59. The van der Waals surface area contributed by atoms with E-state index in [1.165, 1.54) is 26.2 Å². The molecule has 6 fully saturated rings. The molecule has 6 rings (SSSR count). The number of carbonyl (C=O) groups is 1. The molecule has 0 bridgehead atoms. The Morgan fingerprint density at radius 1 is 1.00 bits per heavy atom. The summed E-state index contributed by atoms with van der Waals surface area (Å²) in [6.07, 6.45) is 9.76. The minimum Gasteiger partial charge on any atom is -0.463 e. The van der Waals surface area contributed by atoms with Gasteiger partial charge >= 0.3 is 5.97 Å². The van der Waals surface area contributed by atoms with E-state index in [1.807, 2.05) is 0 Å². The van der Waals surface area contributed by atoms with Crippen molar-refractivity contribution >= 4 is 5.97 Å². The zero-order chi connectivity index (χ0) is 24.0. The Morgan fingerprint density at radius 2 is 1.79 bits per heavy atom. The van der Waals surface area contributed by atoms with Crippen molar-refractivity contribution in [3.63, 3.8) is 0 Å². The molecule has 0 aromatic rings. The maximum Gasteiger partial charge on any atom is 0.302 e. The summed E-state index contributed by atoms with van der Waals surface area (Å²) in [7, 11) is 0. The molecule has 0 aromatic heterocycles. The van der Waals surface area contributed by atoms with Crippen LogP contribution in [0.2, 0.25) is 0 Å². The number of carbonyl (C=O) groups excluding carboxylic acids is 1. The number of esters is 1. The lowest BCUT2D eigenvalue weighted by Gasteiger charge is -2.62. The third-order valence-corrected chi connectivity index (χ3v) is 12.3. The van der Waals surface area contributed by atoms with Gasteiger partial charge in [0.1, 0.15) is 6.10 Å². The molecule has 0 aromatic carbocycles. The van der Waals surface area contributed by atoms with Crippen molar-refractivity contribution in [3.05, 3.63) is 0 Å². The Bertz CT molecular complexity index is 819. The molecule has 5 heteroatoms. The first-order valence-electron chi connectivity index (χ1n) is 14.3. The van der Waals surface area contributed by atoms with Crippen LogP contribution < -0.4 is 0 Å². The number of fused-ring (bicyclic) bond motifs is 7. The SMILES string of the molecule is CC(=O)O[C@@H]1CC[C@@]2(C)[C@@H](CC[C@H]3[C@H]2C[C@H](O)[C@@]2(C)[C@H]4[C@H](C[C@H]32)O[C@]2(CC[C@H](C)CO2)[C@H]4C)C1. The monoisotopic (exact) mass is 474 g/mol. The van der Waals surface area contributed by atoms with Crippen LogP contribution >= 0.6 is 0 Å².